The summed E-state index contributed by atoms with van der Waals surface area (Å²) in [6, 6.07) is 13.1. The third kappa shape index (κ3) is 4.81. The third-order valence-electron chi connectivity index (χ3n) is 5.47. The normalized spacial score (nSPS) is 19.0. The SMILES string of the molecule is O=C(Nc1ccc2nc(N3CCOCC3)sc2c1)c1cccc(OCC2CCCO2)c1. The number of carbonyl (C=O) groups is 1. The fourth-order valence-electron chi connectivity index (χ4n) is 3.78. The Bertz CT molecular complexity index is 1060. The molecule has 2 aliphatic heterocycles. The molecule has 0 spiro atoms. The Morgan fingerprint density at radius 2 is 2.10 bits per heavy atom. The average molecular weight is 440 g/mol. The molecule has 2 aliphatic rings. The van der Waals surface area contributed by atoms with Crippen LogP contribution >= 0.6 is 11.3 Å². The van der Waals surface area contributed by atoms with Gasteiger partial charge in [0.1, 0.15) is 12.4 Å². The number of amides is 1. The van der Waals surface area contributed by atoms with Crippen molar-refractivity contribution in [1.82, 2.24) is 4.98 Å². The molecule has 2 aromatic carbocycles. The van der Waals surface area contributed by atoms with E-state index in [1.165, 1.54) is 0 Å². The van der Waals surface area contributed by atoms with Crippen molar-refractivity contribution in [3.05, 3.63) is 48.0 Å². The minimum absolute atomic E-state index is 0.144. The highest BCUT2D eigenvalue weighted by Crippen LogP contribution is 2.31. The Kier molecular flexibility index (Phi) is 6.01. The second kappa shape index (κ2) is 9.21. The first-order valence-corrected chi connectivity index (χ1v) is 11.5. The predicted molar refractivity (Wildman–Crippen MR) is 122 cm³/mol. The summed E-state index contributed by atoms with van der Waals surface area (Å²) < 4.78 is 17.9. The van der Waals surface area contributed by atoms with Crippen molar-refractivity contribution in [2.24, 2.45) is 0 Å². The van der Waals surface area contributed by atoms with Crippen LogP contribution in [-0.2, 0) is 9.47 Å². The summed E-state index contributed by atoms with van der Waals surface area (Å²) in [6.45, 7) is 4.48. The van der Waals surface area contributed by atoms with Gasteiger partial charge in [-0.2, -0.15) is 0 Å². The summed E-state index contributed by atoms with van der Waals surface area (Å²) in [4.78, 5) is 19.8. The number of carbonyl (C=O) groups excluding carboxylic acids is 1. The minimum atomic E-state index is -0.167. The van der Waals surface area contributed by atoms with Crippen LogP contribution in [0.5, 0.6) is 5.75 Å². The molecule has 0 bridgehead atoms. The van der Waals surface area contributed by atoms with E-state index in [0.717, 1.165) is 66.8 Å². The molecule has 1 N–H and O–H groups in total. The number of benzene rings is 2. The number of morpholine rings is 1. The van der Waals surface area contributed by atoms with Crippen molar-refractivity contribution in [3.63, 3.8) is 0 Å². The van der Waals surface area contributed by atoms with E-state index in [9.17, 15) is 4.79 Å². The Morgan fingerprint density at radius 1 is 1.19 bits per heavy atom. The molecule has 1 aromatic heterocycles. The highest BCUT2D eigenvalue weighted by molar-refractivity contribution is 7.22. The maximum Gasteiger partial charge on any atom is 0.255 e. The molecule has 0 aliphatic carbocycles. The molecule has 31 heavy (non-hydrogen) atoms. The Morgan fingerprint density at radius 3 is 2.94 bits per heavy atom. The maximum atomic E-state index is 12.8. The molecule has 0 radical (unpaired) electrons. The van der Waals surface area contributed by atoms with E-state index in [0.29, 0.717) is 17.9 Å². The summed E-state index contributed by atoms with van der Waals surface area (Å²) in [5, 5.41) is 3.99. The zero-order chi connectivity index (χ0) is 21.0. The van der Waals surface area contributed by atoms with Crippen LogP contribution in [0.25, 0.3) is 10.2 Å². The largest absolute Gasteiger partial charge is 0.491 e. The summed E-state index contributed by atoms with van der Waals surface area (Å²) in [6.07, 6.45) is 2.24. The van der Waals surface area contributed by atoms with E-state index in [4.69, 9.17) is 19.2 Å². The van der Waals surface area contributed by atoms with Gasteiger partial charge in [0.15, 0.2) is 5.13 Å². The maximum absolute atomic E-state index is 12.8. The average Bonchev–Trinajstić information content (AvgIpc) is 3.48. The van der Waals surface area contributed by atoms with Crippen molar-refractivity contribution < 1.29 is 19.0 Å². The lowest BCUT2D eigenvalue weighted by atomic mass is 10.2. The van der Waals surface area contributed by atoms with Crippen LogP contribution in [0.1, 0.15) is 23.2 Å². The minimum Gasteiger partial charge on any atom is -0.491 e. The molecule has 0 saturated carbocycles. The van der Waals surface area contributed by atoms with Crippen LogP contribution in [-0.4, -0.2) is 56.5 Å². The fraction of sp³-hybridized carbons (Fsp3) is 0.391. The number of anilines is 2. The van der Waals surface area contributed by atoms with Gasteiger partial charge in [-0.15, -0.1) is 0 Å². The molecular weight excluding hydrogens is 414 g/mol. The van der Waals surface area contributed by atoms with Gasteiger partial charge in [-0.1, -0.05) is 17.4 Å². The molecule has 1 amide bonds. The molecule has 7 nitrogen and oxygen atoms in total. The van der Waals surface area contributed by atoms with Crippen LogP contribution < -0.4 is 15.0 Å². The van der Waals surface area contributed by atoms with Gasteiger partial charge in [-0.25, -0.2) is 4.98 Å². The fourth-order valence-corrected chi connectivity index (χ4v) is 4.83. The van der Waals surface area contributed by atoms with Crippen molar-refractivity contribution in [2.45, 2.75) is 18.9 Å². The number of ether oxygens (including phenoxy) is 3. The summed E-state index contributed by atoms with van der Waals surface area (Å²) in [5.74, 6) is 0.510. The van der Waals surface area contributed by atoms with Crippen LogP contribution in [0, 0.1) is 0 Å². The molecule has 1 atom stereocenters. The van der Waals surface area contributed by atoms with E-state index >= 15 is 0 Å². The van der Waals surface area contributed by atoms with Crippen LogP contribution in [0.15, 0.2) is 42.5 Å². The quantitative estimate of drug-likeness (QED) is 0.627. The van der Waals surface area contributed by atoms with Crippen LogP contribution in [0.2, 0.25) is 0 Å². The molecular formula is C23H25N3O4S. The second-order valence-corrected chi connectivity index (χ2v) is 8.72. The smallest absolute Gasteiger partial charge is 0.255 e. The number of rotatable bonds is 6. The van der Waals surface area contributed by atoms with Gasteiger partial charge in [0, 0.05) is 30.9 Å². The molecule has 2 fully saturated rings. The van der Waals surface area contributed by atoms with E-state index in [1.54, 1.807) is 23.5 Å². The number of hydrogen-bond donors (Lipinski definition) is 1. The van der Waals surface area contributed by atoms with E-state index in [1.807, 2.05) is 30.3 Å². The topological polar surface area (TPSA) is 72.9 Å². The van der Waals surface area contributed by atoms with Gasteiger partial charge in [0.2, 0.25) is 0 Å². The molecule has 162 valence electrons. The van der Waals surface area contributed by atoms with Gasteiger partial charge < -0.3 is 24.4 Å². The molecule has 1 unspecified atom stereocenters. The van der Waals surface area contributed by atoms with E-state index in [2.05, 4.69) is 10.2 Å². The summed E-state index contributed by atoms with van der Waals surface area (Å²) in [7, 11) is 0. The number of nitrogens with zero attached hydrogens (tertiary/aromatic N) is 2. The number of thiazole rings is 1. The zero-order valence-electron chi connectivity index (χ0n) is 17.2. The Balaban J connectivity index is 1.25. The first kappa shape index (κ1) is 20.2. The van der Waals surface area contributed by atoms with Crippen molar-refractivity contribution in [3.8, 4) is 5.75 Å². The molecule has 8 heteroatoms. The van der Waals surface area contributed by atoms with Gasteiger partial charge in [0.05, 0.1) is 29.5 Å². The predicted octanol–water partition coefficient (Wildman–Crippen LogP) is 3.94. The Hall–Kier alpha value is -2.68. The molecule has 3 heterocycles. The first-order valence-electron chi connectivity index (χ1n) is 10.6. The standard InChI is InChI=1S/C23H25N3O4S/c27-22(16-3-1-4-18(13-16)30-15-19-5-2-10-29-19)24-17-6-7-20-21(14-17)31-23(25-20)26-8-11-28-12-9-26/h1,3-4,6-7,13-14,19H,2,5,8-12,15H2,(H,24,27). The monoisotopic (exact) mass is 439 g/mol. The Labute approximate surface area is 184 Å². The lowest BCUT2D eigenvalue weighted by molar-refractivity contribution is 0.0679. The lowest BCUT2D eigenvalue weighted by Crippen LogP contribution is -2.36. The van der Waals surface area contributed by atoms with Gasteiger partial charge in [0.25, 0.3) is 5.91 Å². The summed E-state index contributed by atoms with van der Waals surface area (Å²) >= 11 is 1.64. The van der Waals surface area contributed by atoms with Gasteiger partial charge >= 0.3 is 0 Å². The third-order valence-corrected chi connectivity index (χ3v) is 6.55. The molecule has 2 saturated heterocycles. The first-order chi connectivity index (χ1) is 15.2. The second-order valence-electron chi connectivity index (χ2n) is 7.71. The van der Waals surface area contributed by atoms with E-state index in [-0.39, 0.29) is 12.0 Å². The summed E-state index contributed by atoms with van der Waals surface area (Å²) in [5.41, 5.74) is 2.25. The highest BCUT2D eigenvalue weighted by Gasteiger charge is 2.17. The number of fused-ring (bicyclic) bond motifs is 1. The zero-order valence-corrected chi connectivity index (χ0v) is 18.0. The van der Waals surface area contributed by atoms with Crippen molar-refractivity contribution in [2.75, 3.05) is 49.7 Å². The number of hydrogen-bond acceptors (Lipinski definition) is 7. The van der Waals surface area contributed by atoms with Gasteiger partial charge in [-0.3, -0.25) is 4.79 Å². The van der Waals surface area contributed by atoms with Crippen LogP contribution in [0.4, 0.5) is 10.8 Å². The molecule has 3 aromatic rings. The van der Waals surface area contributed by atoms with E-state index < -0.39 is 0 Å². The molecule has 5 rings (SSSR count). The van der Waals surface area contributed by atoms with Gasteiger partial charge in [-0.05, 0) is 49.2 Å². The lowest BCUT2D eigenvalue weighted by Gasteiger charge is -2.25. The number of aromatic nitrogens is 1. The van der Waals surface area contributed by atoms with Crippen LogP contribution in [0.3, 0.4) is 0 Å². The highest BCUT2D eigenvalue weighted by atomic mass is 32.1. The number of nitrogens with one attached hydrogen (secondary N) is 1. The van der Waals surface area contributed by atoms with Crippen molar-refractivity contribution >= 4 is 38.3 Å². The van der Waals surface area contributed by atoms with Crippen molar-refractivity contribution in [1.29, 1.82) is 0 Å².